The highest BCUT2D eigenvalue weighted by Gasteiger charge is 2.09. The van der Waals surface area contributed by atoms with E-state index in [0.717, 1.165) is 15.6 Å². The van der Waals surface area contributed by atoms with Gasteiger partial charge in [-0.1, -0.05) is 18.2 Å². The Morgan fingerprint density at radius 2 is 2.05 bits per heavy atom. The summed E-state index contributed by atoms with van der Waals surface area (Å²) in [6, 6.07) is 11.2. The van der Waals surface area contributed by atoms with Crippen molar-refractivity contribution in [3.8, 4) is 5.75 Å². The van der Waals surface area contributed by atoms with Crippen LogP contribution in [0.15, 0.2) is 47.8 Å². The van der Waals surface area contributed by atoms with Crippen LogP contribution in [0.1, 0.15) is 15.9 Å². The lowest BCUT2D eigenvalue weighted by molar-refractivity contribution is 0.0697. The average molecular weight is 302 g/mol. The first-order chi connectivity index (χ1) is 10.1. The van der Waals surface area contributed by atoms with Gasteiger partial charge in [-0.2, -0.15) is 0 Å². The maximum Gasteiger partial charge on any atom is 0.335 e. The van der Waals surface area contributed by atoms with E-state index in [-0.39, 0.29) is 17.9 Å². The maximum atomic E-state index is 13.5. The number of carboxylic acids is 1. The number of fused-ring (bicyclic) bond motifs is 1. The number of carbonyl (C=O) groups is 1. The van der Waals surface area contributed by atoms with Crippen molar-refractivity contribution in [2.45, 2.75) is 6.61 Å². The lowest BCUT2D eigenvalue weighted by atomic mass is 10.1. The van der Waals surface area contributed by atoms with Gasteiger partial charge in [-0.05, 0) is 35.0 Å². The summed E-state index contributed by atoms with van der Waals surface area (Å²) in [6.07, 6.45) is 0. The van der Waals surface area contributed by atoms with E-state index >= 15 is 0 Å². The minimum atomic E-state index is -0.950. The SMILES string of the molecule is O=C(O)c1ccc2c(COc3ccccc3F)csc2c1. The molecule has 0 bridgehead atoms. The normalized spacial score (nSPS) is 10.7. The predicted molar refractivity (Wildman–Crippen MR) is 79.5 cm³/mol. The molecule has 0 radical (unpaired) electrons. The molecular formula is C16H11FO3S. The summed E-state index contributed by atoms with van der Waals surface area (Å²) < 4.78 is 19.8. The molecule has 0 fully saturated rings. The van der Waals surface area contributed by atoms with Crippen LogP contribution in [-0.4, -0.2) is 11.1 Å². The van der Waals surface area contributed by atoms with Gasteiger partial charge in [0.25, 0.3) is 0 Å². The van der Waals surface area contributed by atoms with Gasteiger partial charge in [-0.25, -0.2) is 9.18 Å². The Balaban J connectivity index is 1.85. The molecule has 0 saturated carbocycles. The fourth-order valence-corrected chi connectivity index (χ4v) is 3.03. The molecule has 0 unspecified atom stereocenters. The summed E-state index contributed by atoms with van der Waals surface area (Å²) >= 11 is 1.45. The molecule has 106 valence electrons. The Hall–Kier alpha value is -2.40. The Kier molecular flexibility index (Phi) is 3.58. The Labute approximate surface area is 124 Å². The van der Waals surface area contributed by atoms with Crippen LogP contribution in [0.2, 0.25) is 0 Å². The molecule has 3 nitrogen and oxygen atoms in total. The smallest absolute Gasteiger partial charge is 0.335 e. The van der Waals surface area contributed by atoms with Crippen LogP contribution in [0.5, 0.6) is 5.75 Å². The molecule has 0 aliphatic rings. The van der Waals surface area contributed by atoms with E-state index in [9.17, 15) is 9.18 Å². The van der Waals surface area contributed by atoms with Gasteiger partial charge in [-0.3, -0.25) is 0 Å². The molecule has 3 aromatic rings. The number of para-hydroxylation sites is 1. The van der Waals surface area contributed by atoms with Crippen LogP contribution >= 0.6 is 11.3 Å². The Morgan fingerprint density at radius 3 is 2.81 bits per heavy atom. The van der Waals surface area contributed by atoms with E-state index in [0.29, 0.717) is 0 Å². The summed E-state index contributed by atoms with van der Waals surface area (Å²) in [5.41, 5.74) is 1.17. The van der Waals surface area contributed by atoms with E-state index in [4.69, 9.17) is 9.84 Å². The number of halogens is 1. The molecule has 3 rings (SSSR count). The van der Waals surface area contributed by atoms with Gasteiger partial charge >= 0.3 is 5.97 Å². The van der Waals surface area contributed by atoms with Crippen molar-refractivity contribution in [3.05, 3.63) is 64.8 Å². The number of benzene rings is 2. The van der Waals surface area contributed by atoms with E-state index < -0.39 is 11.8 Å². The fraction of sp³-hybridized carbons (Fsp3) is 0.0625. The number of ether oxygens (including phenoxy) is 1. The van der Waals surface area contributed by atoms with E-state index in [2.05, 4.69) is 0 Å². The zero-order chi connectivity index (χ0) is 14.8. The topological polar surface area (TPSA) is 46.5 Å². The van der Waals surface area contributed by atoms with Crippen LogP contribution < -0.4 is 4.74 Å². The molecule has 0 amide bonds. The highest BCUT2D eigenvalue weighted by Crippen LogP contribution is 2.28. The summed E-state index contributed by atoms with van der Waals surface area (Å²) in [5.74, 6) is -1.14. The molecule has 0 aliphatic heterocycles. The molecule has 0 aliphatic carbocycles. The van der Waals surface area contributed by atoms with Crippen molar-refractivity contribution in [2.24, 2.45) is 0 Å². The summed E-state index contributed by atoms with van der Waals surface area (Å²) in [5, 5.41) is 11.8. The van der Waals surface area contributed by atoms with Gasteiger partial charge in [0, 0.05) is 10.3 Å². The standard InChI is InChI=1S/C16H11FO3S/c17-13-3-1-2-4-14(13)20-8-11-9-21-15-7-10(16(18)19)5-6-12(11)15/h1-7,9H,8H2,(H,18,19). The molecule has 0 saturated heterocycles. The number of aromatic carboxylic acids is 1. The highest BCUT2D eigenvalue weighted by molar-refractivity contribution is 7.17. The quantitative estimate of drug-likeness (QED) is 0.781. The Bertz CT molecular complexity index is 810. The molecule has 5 heteroatoms. The second-order valence-corrected chi connectivity index (χ2v) is 5.41. The van der Waals surface area contributed by atoms with Gasteiger partial charge in [0.05, 0.1) is 5.56 Å². The molecule has 1 N–H and O–H groups in total. The van der Waals surface area contributed by atoms with Gasteiger partial charge in [0.2, 0.25) is 0 Å². The molecule has 0 spiro atoms. The molecule has 2 aromatic carbocycles. The van der Waals surface area contributed by atoms with Crippen LogP contribution in [0, 0.1) is 5.82 Å². The van der Waals surface area contributed by atoms with Gasteiger partial charge in [0.1, 0.15) is 6.61 Å². The number of rotatable bonds is 4. The first-order valence-corrected chi connectivity index (χ1v) is 7.14. The van der Waals surface area contributed by atoms with Crippen molar-refractivity contribution in [3.63, 3.8) is 0 Å². The van der Waals surface area contributed by atoms with Crippen molar-refractivity contribution in [2.75, 3.05) is 0 Å². The van der Waals surface area contributed by atoms with Crippen LogP contribution in [-0.2, 0) is 6.61 Å². The van der Waals surface area contributed by atoms with Crippen molar-refractivity contribution >= 4 is 27.4 Å². The van der Waals surface area contributed by atoms with E-state index in [1.54, 1.807) is 36.4 Å². The third-order valence-corrected chi connectivity index (χ3v) is 4.12. The largest absolute Gasteiger partial charge is 0.486 e. The lowest BCUT2D eigenvalue weighted by Crippen LogP contribution is -1.97. The van der Waals surface area contributed by atoms with E-state index in [1.807, 2.05) is 5.38 Å². The minimum absolute atomic E-state index is 0.207. The maximum absolute atomic E-state index is 13.5. The first kappa shape index (κ1) is 13.6. The van der Waals surface area contributed by atoms with Crippen molar-refractivity contribution < 1.29 is 19.0 Å². The molecule has 1 heterocycles. The predicted octanol–water partition coefficient (Wildman–Crippen LogP) is 4.32. The molecular weight excluding hydrogens is 291 g/mol. The van der Waals surface area contributed by atoms with Gasteiger partial charge in [-0.15, -0.1) is 11.3 Å². The third-order valence-electron chi connectivity index (χ3n) is 3.12. The second kappa shape index (κ2) is 5.54. The lowest BCUT2D eigenvalue weighted by Gasteiger charge is -2.06. The summed E-state index contributed by atoms with van der Waals surface area (Å²) in [4.78, 5) is 10.9. The van der Waals surface area contributed by atoms with Crippen LogP contribution in [0.25, 0.3) is 10.1 Å². The number of hydrogen-bond acceptors (Lipinski definition) is 3. The molecule has 21 heavy (non-hydrogen) atoms. The summed E-state index contributed by atoms with van der Waals surface area (Å²) in [6.45, 7) is 0.243. The van der Waals surface area contributed by atoms with E-state index in [1.165, 1.54) is 17.4 Å². The first-order valence-electron chi connectivity index (χ1n) is 6.26. The summed E-state index contributed by atoms with van der Waals surface area (Å²) in [7, 11) is 0. The van der Waals surface area contributed by atoms with Crippen LogP contribution in [0.3, 0.4) is 0 Å². The van der Waals surface area contributed by atoms with Crippen molar-refractivity contribution in [1.29, 1.82) is 0 Å². The zero-order valence-corrected chi connectivity index (χ0v) is 11.7. The minimum Gasteiger partial charge on any atom is -0.486 e. The van der Waals surface area contributed by atoms with Gasteiger partial charge in [0.15, 0.2) is 11.6 Å². The number of carboxylic acid groups (broad SMARTS) is 1. The third kappa shape index (κ3) is 2.73. The fourth-order valence-electron chi connectivity index (χ4n) is 2.05. The monoisotopic (exact) mass is 302 g/mol. The molecule has 1 aromatic heterocycles. The highest BCUT2D eigenvalue weighted by atomic mass is 32.1. The molecule has 0 atom stereocenters. The van der Waals surface area contributed by atoms with Gasteiger partial charge < -0.3 is 9.84 Å². The zero-order valence-electron chi connectivity index (χ0n) is 10.9. The second-order valence-electron chi connectivity index (χ2n) is 4.50. The number of thiophene rings is 1. The van der Waals surface area contributed by atoms with Crippen LogP contribution in [0.4, 0.5) is 4.39 Å². The number of hydrogen-bond donors (Lipinski definition) is 1. The van der Waals surface area contributed by atoms with Crippen molar-refractivity contribution in [1.82, 2.24) is 0 Å². The Morgan fingerprint density at radius 1 is 1.24 bits per heavy atom. The average Bonchev–Trinajstić information content (AvgIpc) is 2.88.